The second-order valence-corrected chi connectivity index (χ2v) is 6.02. The molecule has 126 valence electrons. The number of aromatic amines is 1. The molecule has 0 spiro atoms. The lowest BCUT2D eigenvalue weighted by molar-refractivity contribution is 0.185. The number of ether oxygens (including phenoxy) is 2. The number of nitrogen functional groups attached to an aromatic ring is 1. The Morgan fingerprint density at radius 1 is 1.04 bits per heavy atom. The Kier molecular flexibility index (Phi) is 3.78. The molecular weight excluding hydrogens is 314 g/mol. The van der Waals surface area contributed by atoms with Crippen molar-refractivity contribution in [2.75, 3.05) is 12.8 Å². The molecule has 2 aromatic carbocycles. The molecule has 0 aliphatic rings. The number of anilines is 1. The van der Waals surface area contributed by atoms with Crippen molar-refractivity contribution < 1.29 is 9.47 Å². The zero-order chi connectivity index (χ0) is 17.4. The van der Waals surface area contributed by atoms with Crippen molar-refractivity contribution in [2.45, 2.75) is 13.5 Å². The average molecular weight is 333 g/mol. The van der Waals surface area contributed by atoms with E-state index >= 15 is 0 Å². The smallest absolute Gasteiger partial charge is 0.137 e. The van der Waals surface area contributed by atoms with Gasteiger partial charge in [-0.2, -0.15) is 0 Å². The van der Waals surface area contributed by atoms with Gasteiger partial charge in [-0.05, 0) is 43.3 Å². The highest BCUT2D eigenvalue weighted by atomic mass is 16.5. The molecule has 25 heavy (non-hydrogen) atoms. The van der Waals surface area contributed by atoms with Crippen LogP contribution in [0.4, 0.5) is 5.69 Å². The second kappa shape index (κ2) is 6.11. The maximum Gasteiger partial charge on any atom is 0.137 e. The number of fused-ring (bicyclic) bond motifs is 3. The summed E-state index contributed by atoms with van der Waals surface area (Å²) in [4.78, 5) is 7.90. The summed E-state index contributed by atoms with van der Waals surface area (Å²) in [6, 6.07) is 13.4. The first-order valence-electron chi connectivity index (χ1n) is 8.08. The van der Waals surface area contributed by atoms with Gasteiger partial charge in [0.1, 0.15) is 11.5 Å². The van der Waals surface area contributed by atoms with E-state index in [2.05, 4.69) is 9.97 Å². The summed E-state index contributed by atoms with van der Waals surface area (Å²) in [5, 5.41) is 2.13. The largest absolute Gasteiger partial charge is 0.457 e. The molecule has 0 saturated carbocycles. The van der Waals surface area contributed by atoms with Gasteiger partial charge in [0.25, 0.3) is 0 Å². The monoisotopic (exact) mass is 333 g/mol. The van der Waals surface area contributed by atoms with Crippen LogP contribution in [0.1, 0.15) is 11.3 Å². The van der Waals surface area contributed by atoms with Gasteiger partial charge in [-0.3, -0.25) is 4.98 Å². The Balaban J connectivity index is 1.95. The van der Waals surface area contributed by atoms with Crippen molar-refractivity contribution >= 4 is 27.5 Å². The molecule has 0 bridgehead atoms. The highest BCUT2D eigenvalue weighted by Gasteiger charge is 2.16. The fourth-order valence-electron chi connectivity index (χ4n) is 3.13. The molecule has 5 heteroatoms. The Hall–Kier alpha value is -3.05. The lowest BCUT2D eigenvalue weighted by Crippen LogP contribution is -1.96. The van der Waals surface area contributed by atoms with Crippen LogP contribution < -0.4 is 10.5 Å². The van der Waals surface area contributed by atoms with Crippen LogP contribution in [0.25, 0.3) is 21.8 Å². The van der Waals surface area contributed by atoms with Crippen molar-refractivity contribution in [2.24, 2.45) is 0 Å². The minimum atomic E-state index is 0.499. The number of rotatable bonds is 4. The van der Waals surface area contributed by atoms with Crippen molar-refractivity contribution in [1.82, 2.24) is 9.97 Å². The number of hydrogen-bond donors (Lipinski definition) is 2. The van der Waals surface area contributed by atoms with Crippen LogP contribution in [0.2, 0.25) is 0 Å². The van der Waals surface area contributed by atoms with Crippen LogP contribution in [0.5, 0.6) is 11.5 Å². The molecule has 0 amide bonds. The summed E-state index contributed by atoms with van der Waals surface area (Å²) in [5.41, 5.74) is 10.5. The van der Waals surface area contributed by atoms with Gasteiger partial charge in [0, 0.05) is 29.4 Å². The number of methoxy groups -OCH3 is 1. The zero-order valence-corrected chi connectivity index (χ0v) is 14.2. The molecule has 0 aliphatic heterocycles. The third kappa shape index (κ3) is 2.68. The zero-order valence-electron chi connectivity index (χ0n) is 14.2. The van der Waals surface area contributed by atoms with Gasteiger partial charge < -0.3 is 20.2 Å². The summed E-state index contributed by atoms with van der Waals surface area (Å²) >= 11 is 0. The van der Waals surface area contributed by atoms with E-state index in [9.17, 15) is 0 Å². The maximum atomic E-state index is 6.15. The van der Waals surface area contributed by atoms with E-state index in [-0.39, 0.29) is 0 Å². The minimum Gasteiger partial charge on any atom is -0.457 e. The van der Waals surface area contributed by atoms with Crippen LogP contribution in [-0.2, 0) is 11.3 Å². The number of nitrogens with one attached hydrogen (secondary N) is 1. The number of nitrogens with two attached hydrogens (primary N) is 1. The third-order valence-electron chi connectivity index (χ3n) is 4.34. The maximum absolute atomic E-state index is 6.15. The van der Waals surface area contributed by atoms with E-state index in [0.29, 0.717) is 12.3 Å². The van der Waals surface area contributed by atoms with Crippen LogP contribution in [0.3, 0.4) is 0 Å². The first-order valence-corrected chi connectivity index (χ1v) is 8.08. The van der Waals surface area contributed by atoms with E-state index in [0.717, 1.165) is 44.6 Å². The fraction of sp³-hybridized carbons (Fsp3) is 0.150. The standard InChI is InChI=1S/C20H19N3O2/c1-12-15(11-24-2)19-17(10-22-12)23-16-4-3-5-18(20(16)19)25-14-8-6-13(21)7-9-14/h3-10,23H,11,21H2,1-2H3. The van der Waals surface area contributed by atoms with E-state index in [1.54, 1.807) is 7.11 Å². The van der Waals surface area contributed by atoms with Gasteiger partial charge in [-0.25, -0.2) is 0 Å². The number of aromatic nitrogens is 2. The van der Waals surface area contributed by atoms with E-state index < -0.39 is 0 Å². The summed E-state index contributed by atoms with van der Waals surface area (Å²) < 4.78 is 11.5. The Bertz CT molecular complexity index is 1050. The molecule has 4 rings (SSSR count). The highest BCUT2D eigenvalue weighted by molar-refractivity contribution is 6.12. The summed E-state index contributed by atoms with van der Waals surface area (Å²) in [6.45, 7) is 2.50. The third-order valence-corrected chi connectivity index (χ3v) is 4.34. The predicted molar refractivity (Wildman–Crippen MR) is 100.0 cm³/mol. The lowest BCUT2D eigenvalue weighted by atomic mass is 10.1. The summed E-state index contributed by atoms with van der Waals surface area (Å²) in [7, 11) is 1.69. The van der Waals surface area contributed by atoms with Gasteiger partial charge in [0.05, 0.1) is 29.2 Å². The molecule has 4 aromatic rings. The van der Waals surface area contributed by atoms with Crippen molar-refractivity contribution in [3.05, 3.63) is 59.9 Å². The average Bonchev–Trinajstić information content (AvgIpc) is 2.99. The molecular formula is C20H19N3O2. The molecule has 0 unspecified atom stereocenters. The van der Waals surface area contributed by atoms with E-state index in [4.69, 9.17) is 15.2 Å². The number of hydrogen-bond acceptors (Lipinski definition) is 4. The van der Waals surface area contributed by atoms with Gasteiger partial charge in [-0.15, -0.1) is 0 Å². The van der Waals surface area contributed by atoms with Crippen LogP contribution >= 0.6 is 0 Å². The number of pyridine rings is 1. The quantitative estimate of drug-likeness (QED) is 0.538. The van der Waals surface area contributed by atoms with Crippen LogP contribution in [-0.4, -0.2) is 17.1 Å². The molecule has 0 radical (unpaired) electrons. The number of benzene rings is 2. The number of nitrogens with zero attached hydrogens (tertiary/aromatic N) is 1. The molecule has 3 N–H and O–H groups in total. The molecule has 0 fully saturated rings. The molecule has 5 nitrogen and oxygen atoms in total. The summed E-state index contributed by atoms with van der Waals surface area (Å²) in [5.74, 6) is 1.53. The first kappa shape index (κ1) is 15.5. The number of H-pyrrole nitrogens is 1. The Morgan fingerprint density at radius 3 is 2.60 bits per heavy atom. The molecule has 0 saturated heterocycles. The van der Waals surface area contributed by atoms with Crippen LogP contribution in [0.15, 0.2) is 48.7 Å². The predicted octanol–water partition coefficient (Wildman–Crippen LogP) is 4.55. The Labute approximate surface area is 145 Å². The lowest BCUT2D eigenvalue weighted by Gasteiger charge is -2.10. The Morgan fingerprint density at radius 2 is 1.84 bits per heavy atom. The van der Waals surface area contributed by atoms with Crippen LogP contribution in [0, 0.1) is 6.92 Å². The first-order chi connectivity index (χ1) is 12.2. The minimum absolute atomic E-state index is 0.499. The molecule has 2 heterocycles. The molecule has 0 aliphatic carbocycles. The van der Waals surface area contributed by atoms with Gasteiger partial charge >= 0.3 is 0 Å². The molecule has 0 atom stereocenters. The number of aryl methyl sites for hydroxylation is 1. The van der Waals surface area contributed by atoms with Crippen molar-refractivity contribution in [1.29, 1.82) is 0 Å². The highest BCUT2D eigenvalue weighted by Crippen LogP contribution is 2.38. The molecule has 2 aromatic heterocycles. The van der Waals surface area contributed by atoms with Gasteiger partial charge in [0.15, 0.2) is 0 Å². The fourth-order valence-corrected chi connectivity index (χ4v) is 3.13. The normalized spacial score (nSPS) is 11.3. The van der Waals surface area contributed by atoms with Crippen molar-refractivity contribution in [3.8, 4) is 11.5 Å². The van der Waals surface area contributed by atoms with Gasteiger partial charge in [-0.1, -0.05) is 6.07 Å². The second-order valence-electron chi connectivity index (χ2n) is 6.02. The van der Waals surface area contributed by atoms with Crippen molar-refractivity contribution in [3.63, 3.8) is 0 Å². The summed E-state index contributed by atoms with van der Waals surface area (Å²) in [6.07, 6.45) is 1.86. The topological polar surface area (TPSA) is 73.2 Å². The van der Waals surface area contributed by atoms with E-state index in [1.807, 2.05) is 55.6 Å². The van der Waals surface area contributed by atoms with Gasteiger partial charge in [0.2, 0.25) is 0 Å². The SMILES string of the molecule is COCc1c(C)ncc2[nH]c3cccc(Oc4ccc(N)cc4)c3c12. The van der Waals surface area contributed by atoms with E-state index in [1.165, 1.54) is 0 Å².